The van der Waals surface area contributed by atoms with Crippen molar-refractivity contribution in [3.63, 3.8) is 0 Å². The zero-order chi connectivity index (χ0) is 28.6. The first kappa shape index (κ1) is 28.8. The molecule has 1 aliphatic rings. The van der Waals surface area contributed by atoms with E-state index in [9.17, 15) is 36.2 Å². The van der Waals surface area contributed by atoms with Crippen LogP contribution in [0.1, 0.15) is 36.0 Å². The molecule has 2 atom stereocenters. The molecule has 2 unspecified atom stereocenters. The molecule has 0 saturated heterocycles. The predicted octanol–water partition coefficient (Wildman–Crippen LogP) is 7.18. The fourth-order valence-electron chi connectivity index (χ4n) is 4.60. The van der Waals surface area contributed by atoms with E-state index >= 15 is 0 Å². The van der Waals surface area contributed by atoms with Crippen LogP contribution in [0.5, 0.6) is 5.75 Å². The van der Waals surface area contributed by atoms with E-state index in [1.54, 1.807) is 61.5 Å². The number of fused-ring (bicyclic) bond motifs is 1. The molecule has 1 aliphatic heterocycles. The molecule has 0 fully saturated rings. The van der Waals surface area contributed by atoms with Gasteiger partial charge in [-0.3, -0.25) is 4.79 Å². The number of nitrogens with zero attached hydrogens (tertiary/aromatic N) is 1. The van der Waals surface area contributed by atoms with Crippen molar-refractivity contribution in [2.45, 2.75) is 49.7 Å². The summed E-state index contributed by atoms with van der Waals surface area (Å²) in [5.41, 5.74) is -5.56. The Hall–Kier alpha value is -3.24. The monoisotopic (exact) mass is 571 g/mol. The van der Waals surface area contributed by atoms with Gasteiger partial charge in [-0.1, -0.05) is 54.1 Å². The van der Waals surface area contributed by atoms with E-state index in [2.05, 4.69) is 0 Å². The predicted molar refractivity (Wildman–Crippen MR) is 134 cm³/mol. The van der Waals surface area contributed by atoms with Gasteiger partial charge in [0.2, 0.25) is 5.91 Å². The number of amides is 1. The van der Waals surface area contributed by atoms with Gasteiger partial charge in [0.05, 0.1) is 12.5 Å². The van der Waals surface area contributed by atoms with Crippen LogP contribution in [0, 0.1) is 0 Å². The third-order valence-electron chi connectivity index (χ3n) is 6.78. The Kier molecular flexibility index (Phi) is 7.91. The molecule has 0 aromatic heterocycles. The zero-order valence-electron chi connectivity index (χ0n) is 20.6. The molecular weight excluding hydrogens is 548 g/mol. The Labute approximate surface area is 225 Å². The second kappa shape index (κ2) is 10.7. The van der Waals surface area contributed by atoms with Gasteiger partial charge in [0, 0.05) is 16.3 Å². The molecule has 39 heavy (non-hydrogen) atoms. The highest BCUT2D eigenvalue weighted by Gasteiger charge is 2.71. The molecule has 3 aromatic carbocycles. The maximum Gasteiger partial charge on any atom is 0.430 e. The number of carbonyl (C=O) groups is 1. The Morgan fingerprint density at radius 3 is 2.18 bits per heavy atom. The summed E-state index contributed by atoms with van der Waals surface area (Å²) in [6.07, 6.45) is -12.5. The van der Waals surface area contributed by atoms with Crippen molar-refractivity contribution in [2.24, 2.45) is 0 Å². The highest BCUT2D eigenvalue weighted by Crippen LogP contribution is 2.51. The summed E-state index contributed by atoms with van der Waals surface area (Å²) in [4.78, 5) is 15.0. The van der Waals surface area contributed by atoms with Crippen LogP contribution in [0.2, 0.25) is 5.02 Å². The molecule has 1 N–H and O–H groups in total. The van der Waals surface area contributed by atoms with E-state index in [-0.39, 0.29) is 30.6 Å². The lowest BCUT2D eigenvalue weighted by Crippen LogP contribution is -2.54. The average Bonchev–Trinajstić information content (AvgIpc) is 3.07. The van der Waals surface area contributed by atoms with Crippen LogP contribution >= 0.6 is 11.6 Å². The highest BCUT2D eigenvalue weighted by atomic mass is 35.5. The van der Waals surface area contributed by atoms with E-state index in [4.69, 9.17) is 16.3 Å². The van der Waals surface area contributed by atoms with Crippen molar-refractivity contribution in [1.82, 2.24) is 0 Å². The minimum atomic E-state index is -6.03. The van der Waals surface area contributed by atoms with E-state index < -0.39 is 41.4 Å². The number of carbonyl (C=O) groups excluding carboxylic acids is 1. The van der Waals surface area contributed by atoms with Crippen LogP contribution in [0.3, 0.4) is 0 Å². The van der Waals surface area contributed by atoms with Crippen molar-refractivity contribution < 1.29 is 41.0 Å². The normalized spacial score (nSPS) is 17.3. The van der Waals surface area contributed by atoms with Crippen LogP contribution in [-0.2, 0) is 16.8 Å². The molecule has 0 aliphatic carbocycles. The van der Waals surface area contributed by atoms with Crippen LogP contribution in [-0.4, -0.2) is 36.0 Å². The molecule has 1 heterocycles. The molecule has 0 radical (unpaired) electrons. The van der Waals surface area contributed by atoms with Gasteiger partial charge in [-0.25, -0.2) is 0 Å². The summed E-state index contributed by atoms with van der Waals surface area (Å²) in [5.74, 6) is -0.651. The minimum absolute atomic E-state index is 0.00325. The maximum absolute atomic E-state index is 13.7. The first-order chi connectivity index (χ1) is 18.2. The Bertz CT molecular complexity index is 1300. The van der Waals surface area contributed by atoms with Crippen molar-refractivity contribution in [2.75, 3.05) is 11.4 Å². The van der Waals surface area contributed by atoms with Crippen LogP contribution in [0.4, 0.5) is 32.0 Å². The SMILES string of the molecule is CC(C(=O)N1CC(Oc2ccc(Cl)cc2)CCc2cc(C(O)(C(F)(F)F)C(F)(F)F)ccc21)c1ccccc1. The number of alkyl halides is 6. The summed E-state index contributed by atoms with van der Waals surface area (Å²) in [6, 6.07) is 17.5. The lowest BCUT2D eigenvalue weighted by molar-refractivity contribution is -0.376. The number of benzene rings is 3. The topological polar surface area (TPSA) is 49.8 Å². The molecule has 1 amide bonds. The van der Waals surface area contributed by atoms with Gasteiger partial charge in [-0.2, -0.15) is 26.3 Å². The first-order valence-electron chi connectivity index (χ1n) is 12.0. The molecule has 3 aromatic rings. The van der Waals surface area contributed by atoms with Crippen LogP contribution < -0.4 is 9.64 Å². The Balaban J connectivity index is 1.76. The van der Waals surface area contributed by atoms with E-state index in [1.807, 2.05) is 0 Å². The van der Waals surface area contributed by atoms with Gasteiger partial charge in [-0.05, 0) is 61.2 Å². The third-order valence-corrected chi connectivity index (χ3v) is 7.03. The van der Waals surface area contributed by atoms with E-state index in [1.165, 1.54) is 4.90 Å². The number of ether oxygens (including phenoxy) is 1. The smallest absolute Gasteiger partial charge is 0.430 e. The number of hydrogen-bond donors (Lipinski definition) is 1. The lowest BCUT2D eigenvalue weighted by atomic mass is 9.89. The number of aliphatic hydroxyl groups is 1. The van der Waals surface area contributed by atoms with Crippen molar-refractivity contribution in [1.29, 1.82) is 0 Å². The molecule has 208 valence electrons. The van der Waals surface area contributed by atoms with Gasteiger partial charge in [0.1, 0.15) is 11.9 Å². The fraction of sp³-hybridized carbons (Fsp3) is 0.321. The summed E-state index contributed by atoms with van der Waals surface area (Å²) in [6.45, 7) is 1.66. The van der Waals surface area contributed by atoms with Crippen molar-refractivity contribution in [3.05, 3.63) is 94.5 Å². The molecule has 0 spiro atoms. The summed E-state index contributed by atoms with van der Waals surface area (Å²) in [5, 5.41) is 10.4. The van der Waals surface area contributed by atoms with Gasteiger partial charge < -0.3 is 14.7 Å². The quantitative estimate of drug-likeness (QED) is 0.330. The average molecular weight is 572 g/mol. The molecule has 4 nitrogen and oxygen atoms in total. The largest absolute Gasteiger partial charge is 0.489 e. The van der Waals surface area contributed by atoms with Gasteiger partial charge in [-0.15, -0.1) is 0 Å². The zero-order valence-corrected chi connectivity index (χ0v) is 21.3. The number of anilines is 1. The highest BCUT2D eigenvalue weighted by molar-refractivity contribution is 6.30. The standard InChI is InChI=1S/C28H24ClF6NO3/c1-17(18-5-3-2-4-6-18)25(37)36-16-23(39-22-12-9-21(29)10-13-22)11-7-19-15-20(8-14-24(19)36)26(38,27(30,31)32)28(33,34)35/h2-6,8-10,12-15,17,23,38H,7,11,16H2,1H3. The summed E-state index contributed by atoms with van der Waals surface area (Å²) in [7, 11) is 0. The Morgan fingerprint density at radius 1 is 0.974 bits per heavy atom. The number of hydrogen-bond acceptors (Lipinski definition) is 3. The van der Waals surface area contributed by atoms with E-state index in [0.29, 0.717) is 28.5 Å². The number of halogens is 7. The minimum Gasteiger partial charge on any atom is -0.489 e. The van der Waals surface area contributed by atoms with Gasteiger partial charge in [0.25, 0.3) is 5.60 Å². The van der Waals surface area contributed by atoms with Crippen LogP contribution in [0.25, 0.3) is 0 Å². The van der Waals surface area contributed by atoms with Gasteiger partial charge in [0.15, 0.2) is 0 Å². The second-order valence-electron chi connectivity index (χ2n) is 9.36. The number of aryl methyl sites for hydroxylation is 1. The molecular formula is C28H24ClF6NO3. The fourth-order valence-corrected chi connectivity index (χ4v) is 4.73. The maximum atomic E-state index is 13.7. The lowest BCUT2D eigenvalue weighted by Gasteiger charge is -2.34. The first-order valence-corrected chi connectivity index (χ1v) is 12.4. The van der Waals surface area contributed by atoms with Gasteiger partial charge >= 0.3 is 12.4 Å². The summed E-state index contributed by atoms with van der Waals surface area (Å²) < 4.78 is 87.4. The Morgan fingerprint density at radius 2 is 1.59 bits per heavy atom. The van der Waals surface area contributed by atoms with Crippen molar-refractivity contribution >= 4 is 23.2 Å². The molecule has 0 saturated carbocycles. The van der Waals surface area contributed by atoms with Crippen molar-refractivity contribution in [3.8, 4) is 5.75 Å². The number of rotatable bonds is 5. The van der Waals surface area contributed by atoms with Crippen LogP contribution in [0.15, 0.2) is 72.8 Å². The third kappa shape index (κ3) is 5.72. The second-order valence-corrected chi connectivity index (χ2v) is 9.80. The molecule has 0 bridgehead atoms. The molecule has 11 heteroatoms. The van der Waals surface area contributed by atoms with E-state index in [0.717, 1.165) is 6.07 Å². The summed E-state index contributed by atoms with van der Waals surface area (Å²) >= 11 is 5.93. The molecule has 4 rings (SSSR count).